The van der Waals surface area contributed by atoms with Crippen LogP contribution in [0.3, 0.4) is 0 Å². The van der Waals surface area contributed by atoms with Gasteiger partial charge in [-0.2, -0.15) is 0 Å². The molecule has 1 aliphatic rings. The van der Waals surface area contributed by atoms with Gasteiger partial charge in [-0.15, -0.1) is 0 Å². The summed E-state index contributed by atoms with van der Waals surface area (Å²) >= 11 is 0. The third kappa shape index (κ3) is 2.05. The molecule has 1 rings (SSSR count). The quantitative estimate of drug-likeness (QED) is 0.525. The predicted octanol–water partition coefficient (Wildman–Crippen LogP) is -0.679. The number of carboxylic acid groups (broad SMARTS) is 2. The molecule has 1 saturated heterocycles. The number of hydrogen-bond acceptors (Lipinski definition) is 3. The molecule has 0 spiro atoms. The molecule has 0 aromatic carbocycles. The fourth-order valence-corrected chi connectivity index (χ4v) is 1.44. The van der Waals surface area contributed by atoms with E-state index >= 15 is 0 Å². The molecule has 0 unspecified atom stereocenters. The average molecular weight is 204 g/mol. The first kappa shape index (κ1) is 10.6. The van der Waals surface area contributed by atoms with Gasteiger partial charge in [-0.1, -0.05) is 0 Å². The van der Waals surface area contributed by atoms with Crippen LogP contribution in [0.5, 0.6) is 0 Å². The molecule has 0 radical (unpaired) electrons. The molecule has 1 fully saturated rings. The van der Waals surface area contributed by atoms with Crippen LogP contribution in [-0.4, -0.2) is 69.6 Å². The lowest BCUT2D eigenvalue weighted by molar-refractivity contribution is 0.0418. The smallest absolute Gasteiger partial charge is 0.407 e. The van der Waals surface area contributed by atoms with E-state index in [1.54, 1.807) is 0 Å². The van der Waals surface area contributed by atoms with E-state index in [0.29, 0.717) is 0 Å². The Balaban J connectivity index is 2.63. The topological polar surface area (TPSA) is 101 Å². The van der Waals surface area contributed by atoms with Crippen LogP contribution < -0.4 is 0 Å². The molecule has 0 bridgehead atoms. The molecule has 7 heteroatoms. The Kier molecular flexibility index (Phi) is 3.13. The minimum Gasteiger partial charge on any atom is -0.465 e. The Morgan fingerprint density at radius 1 is 1.21 bits per heavy atom. The Labute approximate surface area is 80.1 Å². The van der Waals surface area contributed by atoms with Crippen molar-refractivity contribution in [2.45, 2.75) is 6.04 Å². The fourth-order valence-electron chi connectivity index (χ4n) is 1.44. The van der Waals surface area contributed by atoms with E-state index in [2.05, 4.69) is 0 Å². The highest BCUT2D eigenvalue weighted by molar-refractivity contribution is 5.68. The van der Waals surface area contributed by atoms with Crippen LogP contribution in [0.4, 0.5) is 9.59 Å². The summed E-state index contributed by atoms with van der Waals surface area (Å²) < 4.78 is 0. The van der Waals surface area contributed by atoms with Gasteiger partial charge in [0.25, 0.3) is 0 Å². The molecule has 0 aromatic heterocycles. The maximum atomic E-state index is 10.6. The normalized spacial score (nSPS) is 22.2. The van der Waals surface area contributed by atoms with Gasteiger partial charge in [-0.25, -0.2) is 9.59 Å². The molecule has 2 amide bonds. The standard InChI is InChI=1S/C7H12N2O5/c10-4-5-3-8(6(11)12)1-2-9(5)7(13)14/h5,10H,1-4H2,(H,11,12)(H,13,14)/t5-/m1/s1. The summed E-state index contributed by atoms with van der Waals surface area (Å²) in [4.78, 5) is 23.4. The largest absolute Gasteiger partial charge is 0.465 e. The van der Waals surface area contributed by atoms with Gasteiger partial charge in [-0.05, 0) is 0 Å². The molecule has 1 heterocycles. The van der Waals surface area contributed by atoms with Crippen molar-refractivity contribution in [3.05, 3.63) is 0 Å². The van der Waals surface area contributed by atoms with Crippen LogP contribution in [0, 0.1) is 0 Å². The summed E-state index contributed by atoms with van der Waals surface area (Å²) in [6, 6.07) is -0.655. The number of hydrogen-bond donors (Lipinski definition) is 3. The van der Waals surface area contributed by atoms with E-state index in [0.717, 1.165) is 9.80 Å². The second-order valence-electron chi connectivity index (χ2n) is 3.04. The Bertz CT molecular complexity index is 244. The zero-order valence-electron chi connectivity index (χ0n) is 7.46. The SMILES string of the molecule is O=C(O)N1CCN(C(=O)O)[C@@H](CO)C1. The number of aliphatic hydroxyl groups is 1. The maximum absolute atomic E-state index is 10.6. The van der Waals surface area contributed by atoms with Crippen LogP contribution >= 0.6 is 0 Å². The number of rotatable bonds is 1. The van der Waals surface area contributed by atoms with Crippen LogP contribution in [0.2, 0.25) is 0 Å². The Morgan fingerprint density at radius 3 is 2.29 bits per heavy atom. The molecule has 7 nitrogen and oxygen atoms in total. The fraction of sp³-hybridized carbons (Fsp3) is 0.714. The predicted molar refractivity (Wildman–Crippen MR) is 45.2 cm³/mol. The molecule has 0 saturated carbocycles. The van der Waals surface area contributed by atoms with Crippen LogP contribution in [0.25, 0.3) is 0 Å². The molecule has 14 heavy (non-hydrogen) atoms. The molecule has 3 N–H and O–H groups in total. The first-order valence-corrected chi connectivity index (χ1v) is 4.14. The maximum Gasteiger partial charge on any atom is 0.407 e. The van der Waals surface area contributed by atoms with Crippen LogP contribution in [0.1, 0.15) is 0 Å². The van der Waals surface area contributed by atoms with Crippen molar-refractivity contribution in [3.63, 3.8) is 0 Å². The number of nitrogens with zero attached hydrogens (tertiary/aromatic N) is 2. The van der Waals surface area contributed by atoms with E-state index in [9.17, 15) is 9.59 Å². The van der Waals surface area contributed by atoms with Gasteiger partial charge in [0, 0.05) is 19.6 Å². The van der Waals surface area contributed by atoms with Crippen molar-refractivity contribution in [2.75, 3.05) is 26.2 Å². The average Bonchev–Trinajstić information content (AvgIpc) is 2.16. The van der Waals surface area contributed by atoms with Crippen molar-refractivity contribution in [2.24, 2.45) is 0 Å². The lowest BCUT2D eigenvalue weighted by Gasteiger charge is -2.37. The molecule has 1 aliphatic heterocycles. The Hall–Kier alpha value is -1.50. The number of piperazine rings is 1. The molecule has 0 aromatic rings. The summed E-state index contributed by atoms with van der Waals surface area (Å²) in [7, 11) is 0. The third-order valence-corrected chi connectivity index (χ3v) is 2.21. The number of aliphatic hydroxyl groups excluding tert-OH is 1. The summed E-state index contributed by atoms with van der Waals surface area (Å²) in [5.74, 6) is 0. The highest BCUT2D eigenvalue weighted by Crippen LogP contribution is 2.09. The monoisotopic (exact) mass is 204 g/mol. The summed E-state index contributed by atoms with van der Waals surface area (Å²) in [5.41, 5.74) is 0. The highest BCUT2D eigenvalue weighted by Gasteiger charge is 2.31. The third-order valence-electron chi connectivity index (χ3n) is 2.21. The van der Waals surface area contributed by atoms with Crippen LogP contribution in [0.15, 0.2) is 0 Å². The van der Waals surface area contributed by atoms with Gasteiger partial charge in [0.1, 0.15) is 0 Å². The Morgan fingerprint density at radius 2 is 1.86 bits per heavy atom. The molecular formula is C7H12N2O5. The first-order valence-electron chi connectivity index (χ1n) is 4.14. The zero-order valence-corrected chi connectivity index (χ0v) is 7.46. The van der Waals surface area contributed by atoms with Gasteiger partial charge < -0.3 is 20.2 Å². The van der Waals surface area contributed by atoms with Crippen molar-refractivity contribution < 1.29 is 24.9 Å². The van der Waals surface area contributed by atoms with Gasteiger partial charge in [0.05, 0.1) is 12.6 Å². The zero-order chi connectivity index (χ0) is 10.7. The summed E-state index contributed by atoms with van der Waals surface area (Å²) in [6.45, 7) is -0.0841. The molecule has 0 aliphatic carbocycles. The second-order valence-corrected chi connectivity index (χ2v) is 3.04. The molecule has 80 valence electrons. The van der Waals surface area contributed by atoms with Crippen molar-refractivity contribution in [1.82, 2.24) is 9.80 Å². The van der Waals surface area contributed by atoms with Crippen LogP contribution in [-0.2, 0) is 0 Å². The van der Waals surface area contributed by atoms with Gasteiger partial charge >= 0.3 is 12.2 Å². The van der Waals surface area contributed by atoms with Crippen molar-refractivity contribution in [3.8, 4) is 0 Å². The lowest BCUT2D eigenvalue weighted by Crippen LogP contribution is -2.57. The number of amides is 2. The van der Waals surface area contributed by atoms with Gasteiger partial charge in [0.15, 0.2) is 0 Å². The number of carbonyl (C=O) groups is 2. The minimum atomic E-state index is -1.13. The van der Waals surface area contributed by atoms with E-state index in [4.69, 9.17) is 15.3 Å². The minimum absolute atomic E-state index is 0.0259. The highest BCUT2D eigenvalue weighted by atomic mass is 16.4. The lowest BCUT2D eigenvalue weighted by atomic mass is 10.2. The van der Waals surface area contributed by atoms with Crippen molar-refractivity contribution >= 4 is 12.2 Å². The van der Waals surface area contributed by atoms with E-state index in [-0.39, 0.29) is 26.2 Å². The molecule has 1 atom stereocenters. The van der Waals surface area contributed by atoms with Crippen molar-refractivity contribution in [1.29, 1.82) is 0 Å². The van der Waals surface area contributed by atoms with E-state index < -0.39 is 18.2 Å². The summed E-state index contributed by atoms with van der Waals surface area (Å²) in [5, 5.41) is 26.3. The summed E-state index contributed by atoms with van der Waals surface area (Å²) in [6.07, 6.45) is -2.22. The first-order chi connectivity index (χ1) is 6.56. The molecular weight excluding hydrogens is 192 g/mol. The van der Waals surface area contributed by atoms with Gasteiger partial charge in [-0.3, -0.25) is 4.90 Å². The van der Waals surface area contributed by atoms with E-state index in [1.165, 1.54) is 0 Å². The second kappa shape index (κ2) is 4.14. The van der Waals surface area contributed by atoms with E-state index in [1.807, 2.05) is 0 Å². The van der Waals surface area contributed by atoms with Gasteiger partial charge in [0.2, 0.25) is 0 Å².